The molecule has 0 aliphatic carbocycles. The lowest BCUT2D eigenvalue weighted by Crippen LogP contribution is -2.20. The van der Waals surface area contributed by atoms with Crippen LogP contribution in [0.3, 0.4) is 0 Å². The van der Waals surface area contributed by atoms with Crippen LogP contribution in [0.2, 0.25) is 0 Å². The van der Waals surface area contributed by atoms with Crippen molar-refractivity contribution in [1.29, 1.82) is 0 Å². The number of aryl methyl sites for hydroxylation is 1. The second-order valence-corrected chi connectivity index (χ2v) is 9.70. The fraction of sp³-hybridized carbons (Fsp3) is 0.500. The van der Waals surface area contributed by atoms with Crippen molar-refractivity contribution < 1.29 is 43.5 Å². The molecule has 1 unspecified atom stereocenters. The van der Waals surface area contributed by atoms with Crippen molar-refractivity contribution in [2.75, 3.05) is 39.6 Å². The second-order valence-electron chi connectivity index (χ2n) is 9.70. The molecule has 0 radical (unpaired) electrons. The molecule has 0 spiro atoms. The predicted molar refractivity (Wildman–Crippen MR) is 155 cm³/mol. The molecule has 41 heavy (non-hydrogen) atoms. The summed E-state index contributed by atoms with van der Waals surface area (Å²) in [6.07, 6.45) is 6.76. The van der Waals surface area contributed by atoms with Crippen LogP contribution in [0, 0.1) is 5.92 Å². The first kappa shape index (κ1) is 33.6. The molecule has 0 aliphatic rings. The zero-order valence-electron chi connectivity index (χ0n) is 24.3. The Morgan fingerprint density at radius 2 is 1.39 bits per heavy atom. The van der Waals surface area contributed by atoms with Crippen LogP contribution in [0.25, 0.3) is 0 Å². The molecular formula is C32H44O9. The van der Waals surface area contributed by atoms with Crippen LogP contribution in [0.5, 0.6) is 17.2 Å². The van der Waals surface area contributed by atoms with Gasteiger partial charge in [-0.25, -0.2) is 4.79 Å². The second kappa shape index (κ2) is 19.5. The van der Waals surface area contributed by atoms with Gasteiger partial charge in [-0.1, -0.05) is 45.3 Å². The van der Waals surface area contributed by atoms with Crippen LogP contribution in [-0.2, 0) is 32.1 Å². The predicted octanol–water partition coefficient (Wildman–Crippen LogP) is 4.80. The van der Waals surface area contributed by atoms with E-state index in [-0.39, 0.29) is 38.6 Å². The van der Waals surface area contributed by atoms with Gasteiger partial charge in [0.05, 0.1) is 24.7 Å². The molecule has 0 saturated carbocycles. The molecule has 9 nitrogen and oxygen atoms in total. The molecule has 2 N–H and O–H groups in total. The lowest BCUT2D eigenvalue weighted by molar-refractivity contribution is -0.150. The number of hydrogen-bond donors (Lipinski definition) is 2. The van der Waals surface area contributed by atoms with Gasteiger partial charge in [-0.3, -0.25) is 4.79 Å². The van der Waals surface area contributed by atoms with E-state index in [4.69, 9.17) is 33.9 Å². The SMILES string of the molecule is C=C(CO)C(=O)OCCOc1ccc(COc2ccc(OCCOC(=O)C(C)CO)cc2)c(CCCCCCC)c1. The minimum Gasteiger partial charge on any atom is -0.490 e. The van der Waals surface area contributed by atoms with Crippen molar-refractivity contribution in [3.05, 3.63) is 65.7 Å². The van der Waals surface area contributed by atoms with Gasteiger partial charge in [0.2, 0.25) is 0 Å². The van der Waals surface area contributed by atoms with Crippen LogP contribution in [0.1, 0.15) is 57.1 Å². The smallest absolute Gasteiger partial charge is 0.335 e. The molecule has 0 heterocycles. The zero-order chi connectivity index (χ0) is 29.9. The zero-order valence-corrected chi connectivity index (χ0v) is 24.3. The molecule has 2 aromatic rings. The number of aliphatic hydroxyl groups excluding tert-OH is 2. The Kier molecular flexibility index (Phi) is 16.0. The Balaban J connectivity index is 1.89. The monoisotopic (exact) mass is 572 g/mol. The van der Waals surface area contributed by atoms with Crippen molar-refractivity contribution in [3.63, 3.8) is 0 Å². The maximum Gasteiger partial charge on any atom is 0.335 e. The third kappa shape index (κ3) is 13.1. The minimum atomic E-state index is -0.634. The molecule has 2 aromatic carbocycles. The van der Waals surface area contributed by atoms with E-state index in [1.54, 1.807) is 19.1 Å². The van der Waals surface area contributed by atoms with Gasteiger partial charge in [0, 0.05) is 0 Å². The average Bonchev–Trinajstić information content (AvgIpc) is 3.00. The normalized spacial score (nSPS) is 11.4. The number of unbranched alkanes of at least 4 members (excludes halogenated alkanes) is 4. The summed E-state index contributed by atoms with van der Waals surface area (Å²) in [6.45, 7) is 7.51. The average molecular weight is 573 g/mol. The summed E-state index contributed by atoms with van der Waals surface area (Å²) in [5, 5.41) is 17.9. The van der Waals surface area contributed by atoms with Gasteiger partial charge >= 0.3 is 11.9 Å². The maximum atomic E-state index is 11.6. The first-order valence-corrected chi connectivity index (χ1v) is 14.2. The van der Waals surface area contributed by atoms with Crippen LogP contribution < -0.4 is 14.2 Å². The summed E-state index contributed by atoms with van der Waals surface area (Å²) in [7, 11) is 0. The van der Waals surface area contributed by atoms with Gasteiger partial charge in [0.15, 0.2) is 0 Å². The van der Waals surface area contributed by atoms with Crippen molar-refractivity contribution in [2.24, 2.45) is 5.92 Å². The van der Waals surface area contributed by atoms with E-state index in [2.05, 4.69) is 13.5 Å². The Labute approximate surface area is 243 Å². The van der Waals surface area contributed by atoms with Crippen molar-refractivity contribution in [2.45, 2.75) is 59.0 Å². The third-order valence-electron chi connectivity index (χ3n) is 6.28. The fourth-order valence-electron chi connectivity index (χ4n) is 3.76. The maximum absolute atomic E-state index is 11.6. The summed E-state index contributed by atoms with van der Waals surface area (Å²) in [6, 6.07) is 13.1. The number of benzene rings is 2. The number of esters is 2. The molecule has 0 fully saturated rings. The fourth-order valence-corrected chi connectivity index (χ4v) is 3.76. The Morgan fingerprint density at radius 3 is 2.05 bits per heavy atom. The molecule has 0 aromatic heterocycles. The number of ether oxygens (including phenoxy) is 5. The molecule has 226 valence electrons. The molecule has 0 amide bonds. The highest BCUT2D eigenvalue weighted by atomic mass is 16.6. The topological polar surface area (TPSA) is 121 Å². The third-order valence-corrected chi connectivity index (χ3v) is 6.28. The highest BCUT2D eigenvalue weighted by Gasteiger charge is 2.13. The Bertz CT molecular complexity index is 1070. The summed E-state index contributed by atoms with van der Waals surface area (Å²) < 4.78 is 27.5. The minimum absolute atomic E-state index is 0.00849. The molecule has 9 heteroatoms. The first-order valence-electron chi connectivity index (χ1n) is 14.2. The van der Waals surface area contributed by atoms with E-state index in [0.717, 1.165) is 30.4 Å². The molecular weight excluding hydrogens is 528 g/mol. The highest BCUT2D eigenvalue weighted by molar-refractivity contribution is 5.87. The van der Waals surface area contributed by atoms with Crippen LogP contribution in [0.4, 0.5) is 0 Å². The van der Waals surface area contributed by atoms with E-state index >= 15 is 0 Å². The quantitative estimate of drug-likeness (QED) is 0.123. The highest BCUT2D eigenvalue weighted by Crippen LogP contribution is 2.24. The lowest BCUT2D eigenvalue weighted by atomic mass is 10.0. The number of carbonyl (C=O) groups excluding carboxylic acids is 2. The van der Waals surface area contributed by atoms with Crippen LogP contribution in [0.15, 0.2) is 54.6 Å². The summed E-state index contributed by atoms with van der Waals surface area (Å²) >= 11 is 0. The van der Waals surface area contributed by atoms with E-state index in [1.165, 1.54) is 19.3 Å². The number of rotatable bonds is 21. The largest absolute Gasteiger partial charge is 0.490 e. The van der Waals surface area contributed by atoms with Crippen molar-refractivity contribution in [1.82, 2.24) is 0 Å². The summed E-state index contributed by atoms with van der Waals surface area (Å²) in [5.74, 6) is 0.376. The molecule has 0 saturated heterocycles. The molecule has 2 rings (SSSR count). The number of hydrogen-bond acceptors (Lipinski definition) is 9. The van der Waals surface area contributed by atoms with Gasteiger partial charge < -0.3 is 33.9 Å². The van der Waals surface area contributed by atoms with Crippen LogP contribution in [-0.4, -0.2) is 61.8 Å². The van der Waals surface area contributed by atoms with Gasteiger partial charge in [-0.15, -0.1) is 0 Å². The molecule has 0 bridgehead atoms. The van der Waals surface area contributed by atoms with Crippen molar-refractivity contribution >= 4 is 11.9 Å². The Morgan fingerprint density at radius 1 is 0.780 bits per heavy atom. The van der Waals surface area contributed by atoms with Gasteiger partial charge in [0.1, 0.15) is 50.3 Å². The van der Waals surface area contributed by atoms with E-state index in [0.29, 0.717) is 23.9 Å². The van der Waals surface area contributed by atoms with Gasteiger partial charge in [0.25, 0.3) is 0 Å². The summed E-state index contributed by atoms with van der Waals surface area (Å²) in [4.78, 5) is 23.2. The molecule has 0 aliphatic heterocycles. The first-order chi connectivity index (χ1) is 19.9. The van der Waals surface area contributed by atoms with Gasteiger partial charge in [-0.05, 0) is 67.3 Å². The number of carbonyl (C=O) groups is 2. The standard InChI is InChI=1S/C32H44O9/c1-4-5-6-7-8-9-26-20-30(38-17-19-40-32(36)25(3)22-34)11-10-27(26)23-41-29-14-12-28(13-15-29)37-16-18-39-31(35)24(2)21-33/h10-15,20,24,33-34H,3-9,16-19,21-23H2,1-2H3. The van der Waals surface area contributed by atoms with E-state index in [9.17, 15) is 9.59 Å². The number of aliphatic hydroxyl groups is 2. The lowest BCUT2D eigenvalue weighted by Gasteiger charge is -2.15. The van der Waals surface area contributed by atoms with E-state index in [1.807, 2.05) is 30.3 Å². The molecule has 1 atom stereocenters. The summed E-state index contributed by atoms with van der Waals surface area (Å²) in [5.41, 5.74) is 2.22. The Hall–Kier alpha value is -3.56. The van der Waals surface area contributed by atoms with Gasteiger partial charge in [-0.2, -0.15) is 0 Å². The van der Waals surface area contributed by atoms with Crippen molar-refractivity contribution in [3.8, 4) is 17.2 Å². The van der Waals surface area contributed by atoms with Crippen LogP contribution >= 0.6 is 0 Å². The van der Waals surface area contributed by atoms with E-state index < -0.39 is 24.5 Å².